The Morgan fingerprint density at radius 2 is 2.00 bits per heavy atom. The Morgan fingerprint density at radius 3 is 2.71 bits per heavy atom. The summed E-state index contributed by atoms with van der Waals surface area (Å²) in [6.07, 6.45) is 3.11. The smallest absolute Gasteiger partial charge is 0.333 e. The molecular weight excluding hydrogens is 268 g/mol. The van der Waals surface area contributed by atoms with Crippen LogP contribution in [0.15, 0.2) is 35.4 Å². The molecule has 6 nitrogen and oxygen atoms in total. The molecular formula is C15H16N4O2. The first-order valence-corrected chi connectivity index (χ1v) is 6.72. The molecule has 108 valence electrons. The van der Waals surface area contributed by atoms with Crippen molar-refractivity contribution in [2.45, 2.75) is 19.8 Å². The number of hydrogen-bond acceptors (Lipinski definition) is 4. The first-order valence-electron chi connectivity index (χ1n) is 6.72. The third-order valence-electron chi connectivity index (χ3n) is 3.43. The summed E-state index contributed by atoms with van der Waals surface area (Å²) in [4.78, 5) is 23.3. The van der Waals surface area contributed by atoms with Crippen LogP contribution >= 0.6 is 0 Å². The molecule has 6 heteroatoms. The molecule has 0 aliphatic rings. The standard InChI is InChI=1S/C15H16N4O2/c1-9(2)10-4-5-12(21-3)11(8-10)19-14-13(18-15(19)20)16-6-7-17-14/h4-9H,1-3H3,(H,16,18,20). The van der Waals surface area contributed by atoms with Gasteiger partial charge in [-0.3, -0.25) is 4.98 Å². The zero-order chi connectivity index (χ0) is 15.0. The van der Waals surface area contributed by atoms with Gasteiger partial charge in [0, 0.05) is 12.4 Å². The van der Waals surface area contributed by atoms with Crippen LogP contribution in [0.1, 0.15) is 25.3 Å². The Balaban J connectivity index is 2.34. The maximum Gasteiger partial charge on any atom is 0.333 e. The Kier molecular flexibility index (Phi) is 3.21. The van der Waals surface area contributed by atoms with Crippen molar-refractivity contribution < 1.29 is 4.74 Å². The number of ether oxygens (including phenoxy) is 1. The van der Waals surface area contributed by atoms with E-state index in [1.54, 1.807) is 19.5 Å². The molecule has 21 heavy (non-hydrogen) atoms. The fourth-order valence-electron chi connectivity index (χ4n) is 2.30. The summed E-state index contributed by atoms with van der Waals surface area (Å²) in [6, 6.07) is 5.82. The number of imidazole rings is 1. The summed E-state index contributed by atoms with van der Waals surface area (Å²) in [5, 5.41) is 0. The monoisotopic (exact) mass is 284 g/mol. The maximum absolute atomic E-state index is 12.3. The number of aromatic amines is 1. The summed E-state index contributed by atoms with van der Waals surface area (Å²) < 4.78 is 6.88. The molecule has 2 aromatic heterocycles. The van der Waals surface area contributed by atoms with Crippen molar-refractivity contribution in [3.05, 3.63) is 46.6 Å². The van der Waals surface area contributed by atoms with Crippen LogP contribution in [0, 0.1) is 0 Å². The minimum atomic E-state index is -0.282. The number of rotatable bonds is 3. The van der Waals surface area contributed by atoms with Crippen LogP contribution in [0.3, 0.4) is 0 Å². The number of nitrogens with zero attached hydrogens (tertiary/aromatic N) is 3. The number of nitrogens with one attached hydrogen (secondary N) is 1. The minimum Gasteiger partial charge on any atom is -0.495 e. The number of H-pyrrole nitrogens is 1. The zero-order valence-electron chi connectivity index (χ0n) is 12.1. The molecule has 0 aliphatic carbocycles. The number of hydrogen-bond donors (Lipinski definition) is 1. The van der Waals surface area contributed by atoms with Crippen LogP contribution in [0.25, 0.3) is 17.0 Å². The molecule has 3 rings (SSSR count). The van der Waals surface area contributed by atoms with Crippen molar-refractivity contribution in [1.82, 2.24) is 19.5 Å². The molecule has 0 aliphatic heterocycles. The summed E-state index contributed by atoms with van der Waals surface area (Å²) in [7, 11) is 1.58. The van der Waals surface area contributed by atoms with Crippen molar-refractivity contribution in [3.8, 4) is 11.4 Å². The Morgan fingerprint density at radius 1 is 1.24 bits per heavy atom. The van der Waals surface area contributed by atoms with E-state index in [9.17, 15) is 4.79 Å². The fourth-order valence-corrected chi connectivity index (χ4v) is 2.30. The predicted octanol–water partition coefficient (Wildman–Crippen LogP) is 2.24. The van der Waals surface area contributed by atoms with E-state index >= 15 is 0 Å². The van der Waals surface area contributed by atoms with E-state index in [1.807, 2.05) is 18.2 Å². The molecule has 2 heterocycles. The van der Waals surface area contributed by atoms with Gasteiger partial charge in [-0.25, -0.2) is 19.3 Å². The van der Waals surface area contributed by atoms with Crippen molar-refractivity contribution in [3.63, 3.8) is 0 Å². The van der Waals surface area contributed by atoms with Crippen molar-refractivity contribution >= 4 is 11.3 Å². The van der Waals surface area contributed by atoms with E-state index in [-0.39, 0.29) is 5.69 Å². The quantitative estimate of drug-likeness (QED) is 0.800. The first kappa shape index (κ1) is 13.4. The Labute approximate surface area is 121 Å². The van der Waals surface area contributed by atoms with E-state index in [1.165, 1.54) is 4.57 Å². The lowest BCUT2D eigenvalue weighted by atomic mass is 10.0. The van der Waals surface area contributed by atoms with Gasteiger partial charge in [0.2, 0.25) is 0 Å². The average Bonchev–Trinajstić information content (AvgIpc) is 2.82. The zero-order valence-corrected chi connectivity index (χ0v) is 12.1. The lowest BCUT2D eigenvalue weighted by Gasteiger charge is -2.13. The van der Waals surface area contributed by atoms with Gasteiger partial charge in [0.05, 0.1) is 12.8 Å². The molecule has 0 amide bonds. The predicted molar refractivity (Wildman–Crippen MR) is 80.1 cm³/mol. The van der Waals surface area contributed by atoms with Crippen LogP contribution in [-0.4, -0.2) is 26.6 Å². The van der Waals surface area contributed by atoms with Crippen molar-refractivity contribution in [1.29, 1.82) is 0 Å². The highest BCUT2D eigenvalue weighted by Gasteiger charge is 2.15. The summed E-state index contributed by atoms with van der Waals surface area (Å²) >= 11 is 0. The molecule has 3 aromatic rings. The topological polar surface area (TPSA) is 72.8 Å². The van der Waals surface area contributed by atoms with E-state index < -0.39 is 0 Å². The van der Waals surface area contributed by atoms with Crippen LogP contribution in [0.4, 0.5) is 0 Å². The largest absolute Gasteiger partial charge is 0.495 e. The molecule has 0 atom stereocenters. The number of fused-ring (bicyclic) bond motifs is 1. The van der Waals surface area contributed by atoms with E-state index in [2.05, 4.69) is 28.8 Å². The average molecular weight is 284 g/mol. The van der Waals surface area contributed by atoms with Gasteiger partial charge in [-0.05, 0) is 23.6 Å². The number of methoxy groups -OCH3 is 1. The molecule has 0 bridgehead atoms. The third-order valence-corrected chi connectivity index (χ3v) is 3.43. The highest BCUT2D eigenvalue weighted by atomic mass is 16.5. The molecule has 0 saturated heterocycles. The second-order valence-corrected chi connectivity index (χ2v) is 5.08. The molecule has 1 aromatic carbocycles. The van der Waals surface area contributed by atoms with E-state index in [0.29, 0.717) is 28.6 Å². The SMILES string of the molecule is COc1ccc(C(C)C)cc1-n1c(=O)[nH]c2nccnc21. The van der Waals surface area contributed by atoms with Crippen LogP contribution in [0.2, 0.25) is 0 Å². The van der Waals surface area contributed by atoms with Gasteiger partial charge in [-0.1, -0.05) is 19.9 Å². The lowest BCUT2D eigenvalue weighted by molar-refractivity contribution is 0.412. The maximum atomic E-state index is 12.3. The molecule has 0 saturated carbocycles. The summed E-state index contributed by atoms with van der Waals surface area (Å²) in [5.41, 5.74) is 2.45. The second-order valence-electron chi connectivity index (χ2n) is 5.08. The normalized spacial score (nSPS) is 11.2. The van der Waals surface area contributed by atoms with Gasteiger partial charge in [-0.15, -0.1) is 0 Å². The van der Waals surface area contributed by atoms with Gasteiger partial charge >= 0.3 is 5.69 Å². The lowest BCUT2D eigenvalue weighted by Crippen LogP contribution is -2.16. The molecule has 1 N–H and O–H groups in total. The minimum absolute atomic E-state index is 0.282. The van der Waals surface area contributed by atoms with Gasteiger partial charge in [0.15, 0.2) is 11.3 Å². The molecule has 0 fully saturated rings. The highest BCUT2D eigenvalue weighted by molar-refractivity contribution is 5.69. The third kappa shape index (κ3) is 2.18. The van der Waals surface area contributed by atoms with E-state index in [0.717, 1.165) is 5.56 Å². The van der Waals surface area contributed by atoms with Gasteiger partial charge in [-0.2, -0.15) is 0 Å². The Hall–Kier alpha value is -2.63. The van der Waals surface area contributed by atoms with Gasteiger partial charge < -0.3 is 4.74 Å². The first-order chi connectivity index (χ1) is 10.1. The van der Waals surface area contributed by atoms with Crippen molar-refractivity contribution in [2.24, 2.45) is 0 Å². The van der Waals surface area contributed by atoms with Gasteiger partial charge in [0.1, 0.15) is 5.75 Å². The van der Waals surface area contributed by atoms with Crippen LogP contribution in [-0.2, 0) is 0 Å². The summed E-state index contributed by atoms with van der Waals surface area (Å²) in [5.74, 6) is 0.967. The van der Waals surface area contributed by atoms with Crippen molar-refractivity contribution in [2.75, 3.05) is 7.11 Å². The number of aromatic nitrogens is 4. The highest BCUT2D eigenvalue weighted by Crippen LogP contribution is 2.27. The molecule has 0 unspecified atom stereocenters. The molecule has 0 spiro atoms. The summed E-state index contributed by atoms with van der Waals surface area (Å²) in [6.45, 7) is 4.20. The van der Waals surface area contributed by atoms with E-state index in [4.69, 9.17) is 4.74 Å². The second kappa shape index (κ2) is 5.05. The van der Waals surface area contributed by atoms with Crippen LogP contribution in [0.5, 0.6) is 5.75 Å². The Bertz CT molecular complexity index is 848. The molecule has 0 radical (unpaired) electrons. The van der Waals surface area contributed by atoms with Crippen LogP contribution < -0.4 is 10.4 Å². The fraction of sp³-hybridized carbons (Fsp3) is 0.267. The number of benzene rings is 1. The van der Waals surface area contributed by atoms with Gasteiger partial charge in [0.25, 0.3) is 0 Å².